The third kappa shape index (κ3) is 5.74. The Morgan fingerprint density at radius 1 is 0.885 bits per heavy atom. The normalized spacial score (nSPS) is 29.5. The monoisotopic (exact) mass is 358 g/mol. The largest absolute Gasteiger partial charge is 0.494 e. The van der Waals surface area contributed by atoms with Crippen molar-refractivity contribution in [1.29, 1.82) is 0 Å². The van der Waals surface area contributed by atoms with E-state index in [1.807, 2.05) is 6.92 Å². The molecular formula is C24H38O2. The quantitative estimate of drug-likeness (QED) is 0.534. The van der Waals surface area contributed by atoms with Gasteiger partial charge in [0.25, 0.3) is 0 Å². The van der Waals surface area contributed by atoms with Crippen LogP contribution in [0.2, 0.25) is 0 Å². The van der Waals surface area contributed by atoms with E-state index >= 15 is 0 Å². The third-order valence-corrected chi connectivity index (χ3v) is 6.65. The molecule has 0 aromatic heterocycles. The van der Waals surface area contributed by atoms with Gasteiger partial charge in [-0.3, -0.25) is 0 Å². The second-order valence-corrected chi connectivity index (χ2v) is 8.48. The van der Waals surface area contributed by atoms with Gasteiger partial charge in [0, 0.05) is 0 Å². The Morgan fingerprint density at radius 3 is 2.23 bits per heavy atom. The second kappa shape index (κ2) is 10.3. The highest BCUT2D eigenvalue weighted by atomic mass is 16.5. The summed E-state index contributed by atoms with van der Waals surface area (Å²) in [5.74, 6) is 3.69. The van der Waals surface area contributed by atoms with Crippen LogP contribution in [0.5, 0.6) is 5.75 Å². The molecule has 0 radical (unpaired) electrons. The lowest BCUT2D eigenvalue weighted by molar-refractivity contribution is -0.0421. The molecule has 0 spiro atoms. The summed E-state index contributed by atoms with van der Waals surface area (Å²) in [5.41, 5.74) is 1.46. The minimum absolute atomic E-state index is 0.557. The molecule has 1 aromatic carbocycles. The fourth-order valence-corrected chi connectivity index (χ4v) is 4.99. The predicted octanol–water partition coefficient (Wildman–Crippen LogP) is 6.42. The van der Waals surface area contributed by atoms with Crippen LogP contribution in [0.15, 0.2) is 24.3 Å². The van der Waals surface area contributed by atoms with Gasteiger partial charge in [-0.05, 0) is 87.3 Å². The molecule has 2 aliphatic rings. The van der Waals surface area contributed by atoms with E-state index < -0.39 is 0 Å². The van der Waals surface area contributed by atoms with Gasteiger partial charge in [0.05, 0.1) is 19.3 Å². The van der Waals surface area contributed by atoms with Crippen LogP contribution in [0.3, 0.4) is 0 Å². The number of hydrogen-bond donors (Lipinski definition) is 0. The van der Waals surface area contributed by atoms with Gasteiger partial charge < -0.3 is 9.47 Å². The molecule has 1 saturated carbocycles. The zero-order valence-electron chi connectivity index (χ0n) is 16.9. The molecule has 0 N–H and O–H groups in total. The van der Waals surface area contributed by atoms with E-state index in [0.29, 0.717) is 6.10 Å². The van der Waals surface area contributed by atoms with Crippen molar-refractivity contribution in [2.24, 2.45) is 17.8 Å². The minimum atomic E-state index is 0.557. The van der Waals surface area contributed by atoms with Gasteiger partial charge in [-0.25, -0.2) is 0 Å². The second-order valence-electron chi connectivity index (χ2n) is 8.48. The number of ether oxygens (including phenoxy) is 2. The third-order valence-electron chi connectivity index (χ3n) is 6.65. The number of hydrogen-bond acceptors (Lipinski definition) is 2. The summed E-state index contributed by atoms with van der Waals surface area (Å²) in [6.07, 6.45) is 14.1. The standard InChI is InChI=1S/C24H38O2/c1-3-5-23-17-14-22(18-26-23)21-12-8-19(9-13-21)6-7-20-10-15-24(16-11-20)25-4-2/h10-11,15-16,19,21-23H,3-9,12-14,17-18H2,1-2H3. The van der Waals surface area contributed by atoms with E-state index in [1.54, 1.807) is 0 Å². The van der Waals surface area contributed by atoms with Gasteiger partial charge in [0.15, 0.2) is 0 Å². The van der Waals surface area contributed by atoms with Crippen LogP contribution < -0.4 is 4.74 Å². The maximum absolute atomic E-state index is 6.13. The van der Waals surface area contributed by atoms with Crippen LogP contribution in [0.4, 0.5) is 0 Å². The van der Waals surface area contributed by atoms with Crippen LogP contribution in [0.25, 0.3) is 0 Å². The molecule has 1 aliphatic carbocycles. The molecular weight excluding hydrogens is 320 g/mol. The smallest absolute Gasteiger partial charge is 0.119 e. The molecule has 26 heavy (non-hydrogen) atoms. The van der Waals surface area contributed by atoms with Crippen LogP contribution in [-0.2, 0) is 11.2 Å². The van der Waals surface area contributed by atoms with Crippen molar-refractivity contribution < 1.29 is 9.47 Å². The Kier molecular flexibility index (Phi) is 7.85. The Bertz CT molecular complexity index is 493. The molecule has 0 amide bonds. The molecule has 3 rings (SSSR count). The first-order valence-corrected chi connectivity index (χ1v) is 11.1. The summed E-state index contributed by atoms with van der Waals surface area (Å²) in [6, 6.07) is 8.71. The van der Waals surface area contributed by atoms with E-state index in [0.717, 1.165) is 36.7 Å². The minimum Gasteiger partial charge on any atom is -0.494 e. The van der Waals surface area contributed by atoms with Crippen molar-refractivity contribution in [3.8, 4) is 5.75 Å². The Balaban J connectivity index is 1.35. The van der Waals surface area contributed by atoms with Gasteiger partial charge in [0.1, 0.15) is 5.75 Å². The summed E-state index contributed by atoms with van der Waals surface area (Å²) in [5, 5.41) is 0. The maximum atomic E-state index is 6.13. The summed E-state index contributed by atoms with van der Waals surface area (Å²) in [7, 11) is 0. The fraction of sp³-hybridized carbons (Fsp3) is 0.750. The molecule has 0 bridgehead atoms. The first kappa shape index (κ1) is 19.7. The van der Waals surface area contributed by atoms with Gasteiger partial charge in [-0.2, -0.15) is 0 Å². The molecule has 2 nitrogen and oxygen atoms in total. The highest BCUT2D eigenvalue weighted by molar-refractivity contribution is 5.27. The Hall–Kier alpha value is -1.02. The maximum Gasteiger partial charge on any atom is 0.119 e. The van der Waals surface area contributed by atoms with Gasteiger partial charge in [0.2, 0.25) is 0 Å². The number of benzene rings is 1. The first-order chi connectivity index (χ1) is 12.8. The average Bonchev–Trinajstić information content (AvgIpc) is 2.69. The zero-order valence-corrected chi connectivity index (χ0v) is 16.9. The topological polar surface area (TPSA) is 18.5 Å². The van der Waals surface area contributed by atoms with E-state index in [4.69, 9.17) is 9.47 Å². The molecule has 1 heterocycles. The highest BCUT2D eigenvalue weighted by Gasteiger charge is 2.31. The van der Waals surface area contributed by atoms with Crippen molar-refractivity contribution in [1.82, 2.24) is 0 Å². The number of aryl methyl sites for hydroxylation is 1. The van der Waals surface area contributed by atoms with E-state index in [-0.39, 0.29) is 0 Å². The van der Waals surface area contributed by atoms with Crippen LogP contribution >= 0.6 is 0 Å². The molecule has 1 saturated heterocycles. The average molecular weight is 359 g/mol. The fourth-order valence-electron chi connectivity index (χ4n) is 4.99. The van der Waals surface area contributed by atoms with E-state index in [2.05, 4.69) is 31.2 Å². The van der Waals surface area contributed by atoms with Crippen LogP contribution in [0, 0.1) is 17.8 Å². The first-order valence-electron chi connectivity index (χ1n) is 11.1. The molecule has 2 fully saturated rings. The summed E-state index contributed by atoms with van der Waals surface area (Å²) < 4.78 is 11.7. The Morgan fingerprint density at radius 2 is 1.62 bits per heavy atom. The molecule has 2 heteroatoms. The molecule has 146 valence electrons. The van der Waals surface area contributed by atoms with Crippen LogP contribution in [-0.4, -0.2) is 19.3 Å². The highest BCUT2D eigenvalue weighted by Crippen LogP contribution is 2.39. The summed E-state index contributed by atoms with van der Waals surface area (Å²) in [6.45, 7) is 6.08. The SMILES string of the molecule is CCCC1CCC(C2CCC(CCc3ccc(OCC)cc3)CC2)CO1. The molecule has 2 unspecified atom stereocenters. The van der Waals surface area contributed by atoms with Gasteiger partial charge >= 0.3 is 0 Å². The van der Waals surface area contributed by atoms with Gasteiger partial charge in [-0.15, -0.1) is 0 Å². The van der Waals surface area contributed by atoms with Crippen molar-refractivity contribution >= 4 is 0 Å². The predicted molar refractivity (Wildman–Crippen MR) is 109 cm³/mol. The molecule has 2 atom stereocenters. The van der Waals surface area contributed by atoms with E-state index in [1.165, 1.54) is 69.8 Å². The van der Waals surface area contributed by atoms with Crippen molar-refractivity contribution in [3.05, 3.63) is 29.8 Å². The van der Waals surface area contributed by atoms with Crippen molar-refractivity contribution in [2.45, 2.75) is 84.2 Å². The van der Waals surface area contributed by atoms with Gasteiger partial charge in [-0.1, -0.05) is 38.3 Å². The van der Waals surface area contributed by atoms with Crippen molar-refractivity contribution in [3.63, 3.8) is 0 Å². The number of rotatable bonds is 8. The lowest BCUT2D eigenvalue weighted by Crippen LogP contribution is -2.32. The molecule has 1 aliphatic heterocycles. The Labute approximate surface area is 160 Å². The summed E-state index contributed by atoms with van der Waals surface area (Å²) in [4.78, 5) is 0. The molecule has 1 aromatic rings. The zero-order chi connectivity index (χ0) is 18.2. The van der Waals surface area contributed by atoms with Crippen LogP contribution in [0.1, 0.15) is 77.2 Å². The van der Waals surface area contributed by atoms with E-state index in [9.17, 15) is 0 Å². The lowest BCUT2D eigenvalue weighted by atomic mass is 9.72. The lowest BCUT2D eigenvalue weighted by Gasteiger charge is -2.38. The summed E-state index contributed by atoms with van der Waals surface area (Å²) >= 11 is 0. The van der Waals surface area contributed by atoms with Crippen molar-refractivity contribution in [2.75, 3.05) is 13.2 Å².